The largest absolute Gasteiger partial charge is 0.472 e. The number of aliphatic hydroxyl groups excluding tert-OH is 1. The van der Waals surface area contributed by atoms with Crippen molar-refractivity contribution in [1.82, 2.24) is 5.32 Å². The van der Waals surface area contributed by atoms with E-state index in [1.165, 1.54) is 244 Å². The maximum absolute atomic E-state index is 13.0. The molecule has 0 aromatic carbocycles. The highest BCUT2D eigenvalue weighted by atomic mass is 31.2. The third kappa shape index (κ3) is 56.5. The normalized spacial score (nSPS) is 14.0. The number of unbranched alkanes of at least 4 members (excludes halogenated alkanes) is 41. The highest BCUT2D eigenvalue weighted by Gasteiger charge is 2.28. The predicted molar refractivity (Wildman–Crippen MR) is 309 cm³/mol. The molecule has 0 rings (SSSR count). The Morgan fingerprint density at radius 2 is 0.803 bits per heavy atom. The fraction of sp³-hybridized carbons (Fsp3) is 0.919. The van der Waals surface area contributed by atoms with Gasteiger partial charge < -0.3 is 19.8 Å². The second-order valence-corrected chi connectivity index (χ2v) is 24.2. The molecule has 3 unspecified atom stereocenters. The van der Waals surface area contributed by atoms with Crippen LogP contribution in [0.15, 0.2) is 24.3 Å². The average molecular weight is 1020 g/mol. The van der Waals surface area contributed by atoms with Crippen molar-refractivity contribution in [2.24, 2.45) is 0 Å². The van der Waals surface area contributed by atoms with Gasteiger partial charge in [0.15, 0.2) is 0 Å². The molecule has 0 aromatic heterocycles. The molecule has 3 N–H and O–H groups in total. The summed E-state index contributed by atoms with van der Waals surface area (Å²) < 4.78 is 23.8. The standard InChI is InChI=1S/C62H123N2O6P/c1-6-8-10-12-14-16-18-20-22-24-26-28-30-31-32-34-35-37-39-41-43-45-47-49-51-53-55-61(65)60(59-70-71(67,68)69-58-57-64(3,4)5)63-62(66)56-54-52-50-48-46-44-42-40-38-36-33-29-27-25-23-21-19-17-15-13-11-9-7-2/h19,21,25,27,60-61,65H,6-18,20,22-24,26,28-59H2,1-5H3,(H-,63,66,67,68)/p+1/b21-19-,27-25-. The Morgan fingerprint density at radius 1 is 0.479 bits per heavy atom. The van der Waals surface area contributed by atoms with E-state index in [2.05, 4.69) is 43.5 Å². The van der Waals surface area contributed by atoms with Gasteiger partial charge >= 0.3 is 7.82 Å². The van der Waals surface area contributed by atoms with E-state index in [0.717, 1.165) is 44.9 Å². The number of phosphoric ester groups is 1. The topological polar surface area (TPSA) is 105 Å². The van der Waals surface area contributed by atoms with E-state index < -0.39 is 20.0 Å². The molecule has 0 spiro atoms. The maximum Gasteiger partial charge on any atom is 0.472 e. The van der Waals surface area contributed by atoms with Crippen LogP contribution in [0.1, 0.15) is 316 Å². The number of carbonyl (C=O) groups is 1. The first-order valence-electron chi connectivity index (χ1n) is 31.2. The van der Waals surface area contributed by atoms with Crippen LogP contribution in [0.4, 0.5) is 0 Å². The smallest absolute Gasteiger partial charge is 0.391 e. The van der Waals surface area contributed by atoms with Gasteiger partial charge in [0, 0.05) is 6.42 Å². The van der Waals surface area contributed by atoms with Crippen LogP contribution in [0.2, 0.25) is 0 Å². The summed E-state index contributed by atoms with van der Waals surface area (Å²) in [5.74, 6) is -0.141. The molecule has 0 bridgehead atoms. The Bertz CT molecular complexity index is 1210. The molecular formula is C62H124N2O6P+. The first-order valence-corrected chi connectivity index (χ1v) is 32.7. The summed E-state index contributed by atoms with van der Waals surface area (Å²) in [6, 6.07) is -0.761. The Kier molecular flexibility index (Phi) is 53.0. The van der Waals surface area contributed by atoms with Crippen molar-refractivity contribution in [3.05, 3.63) is 24.3 Å². The summed E-state index contributed by atoms with van der Waals surface area (Å²) >= 11 is 0. The Morgan fingerprint density at radius 3 is 1.15 bits per heavy atom. The van der Waals surface area contributed by atoms with Gasteiger partial charge in [-0.3, -0.25) is 13.8 Å². The fourth-order valence-corrected chi connectivity index (χ4v) is 10.3. The molecule has 0 saturated carbocycles. The second-order valence-electron chi connectivity index (χ2n) is 22.8. The fourth-order valence-electron chi connectivity index (χ4n) is 9.55. The number of aliphatic hydroxyl groups is 1. The quantitative estimate of drug-likeness (QED) is 0.0243. The predicted octanol–water partition coefficient (Wildman–Crippen LogP) is 19.2. The summed E-state index contributed by atoms with van der Waals surface area (Å²) in [5.41, 5.74) is 0. The molecule has 0 radical (unpaired) electrons. The molecule has 71 heavy (non-hydrogen) atoms. The Hall–Kier alpha value is -1.02. The van der Waals surface area contributed by atoms with E-state index in [1.54, 1.807) is 0 Å². The van der Waals surface area contributed by atoms with E-state index in [9.17, 15) is 19.4 Å². The number of carbonyl (C=O) groups excluding carboxylic acids is 1. The van der Waals surface area contributed by atoms with Crippen LogP contribution in [0.5, 0.6) is 0 Å². The number of allylic oxidation sites excluding steroid dienone is 4. The lowest BCUT2D eigenvalue weighted by atomic mass is 10.0. The number of amides is 1. The van der Waals surface area contributed by atoms with Crippen molar-refractivity contribution in [2.45, 2.75) is 328 Å². The lowest BCUT2D eigenvalue weighted by Gasteiger charge is -2.26. The number of quaternary nitrogens is 1. The van der Waals surface area contributed by atoms with E-state index >= 15 is 0 Å². The third-order valence-electron chi connectivity index (χ3n) is 14.5. The lowest BCUT2D eigenvalue weighted by molar-refractivity contribution is -0.870. The molecule has 8 nitrogen and oxygen atoms in total. The van der Waals surface area contributed by atoms with Gasteiger partial charge in [-0.2, -0.15) is 0 Å². The zero-order chi connectivity index (χ0) is 52.0. The number of rotatable bonds is 58. The third-order valence-corrected chi connectivity index (χ3v) is 15.4. The molecule has 0 aliphatic rings. The number of nitrogens with zero attached hydrogens (tertiary/aromatic N) is 1. The van der Waals surface area contributed by atoms with Crippen molar-refractivity contribution >= 4 is 13.7 Å². The molecule has 1 amide bonds. The summed E-state index contributed by atoms with van der Waals surface area (Å²) in [6.45, 7) is 4.92. The SMILES string of the molecule is CCCCCCC/C=C\C/C=C\CCCCCCCCCCCCCC(=O)NC(COP(=O)(O)OCC[N+](C)(C)C)C(O)CCCCCCCCCCCCCCCCCCCCCCCCCCCC. The minimum Gasteiger partial charge on any atom is -0.391 e. The Balaban J connectivity index is 4.10. The average Bonchev–Trinajstić information content (AvgIpc) is 3.33. The first-order chi connectivity index (χ1) is 34.5. The minimum atomic E-state index is -4.33. The van der Waals surface area contributed by atoms with Crippen molar-refractivity contribution < 1.29 is 32.9 Å². The number of hydrogen-bond donors (Lipinski definition) is 3. The van der Waals surface area contributed by atoms with Crippen molar-refractivity contribution in [2.75, 3.05) is 40.9 Å². The zero-order valence-corrected chi connectivity index (χ0v) is 49.1. The number of phosphoric acid groups is 1. The van der Waals surface area contributed by atoms with Crippen LogP contribution in [0.3, 0.4) is 0 Å². The molecule has 0 heterocycles. The molecule has 0 aliphatic heterocycles. The molecular weight excluding hydrogens is 900 g/mol. The molecule has 9 heteroatoms. The second kappa shape index (κ2) is 53.8. The van der Waals surface area contributed by atoms with Gasteiger partial charge in [0.05, 0.1) is 39.9 Å². The molecule has 0 aliphatic carbocycles. The minimum absolute atomic E-state index is 0.0758. The summed E-state index contributed by atoms with van der Waals surface area (Å²) in [5, 5.41) is 14.1. The van der Waals surface area contributed by atoms with E-state index in [0.29, 0.717) is 23.9 Å². The molecule has 0 aromatic rings. The van der Waals surface area contributed by atoms with Gasteiger partial charge in [-0.1, -0.05) is 289 Å². The molecule has 3 atom stereocenters. The maximum atomic E-state index is 13.0. The van der Waals surface area contributed by atoms with Gasteiger partial charge in [-0.25, -0.2) is 4.57 Å². The van der Waals surface area contributed by atoms with E-state index in [-0.39, 0.29) is 19.1 Å². The van der Waals surface area contributed by atoms with Crippen LogP contribution >= 0.6 is 7.82 Å². The molecule has 422 valence electrons. The van der Waals surface area contributed by atoms with Gasteiger partial charge in [0.2, 0.25) is 5.91 Å². The van der Waals surface area contributed by atoms with Crippen molar-refractivity contribution in [3.63, 3.8) is 0 Å². The first kappa shape index (κ1) is 70.0. The van der Waals surface area contributed by atoms with E-state index in [1.807, 2.05) is 21.1 Å². The number of hydrogen-bond acceptors (Lipinski definition) is 5. The van der Waals surface area contributed by atoms with Crippen molar-refractivity contribution in [1.29, 1.82) is 0 Å². The number of nitrogens with one attached hydrogen (secondary N) is 1. The summed E-state index contributed by atoms with van der Waals surface area (Å²) in [7, 11) is 1.63. The summed E-state index contributed by atoms with van der Waals surface area (Å²) in [6.07, 6.45) is 68.2. The van der Waals surface area contributed by atoms with E-state index in [4.69, 9.17) is 9.05 Å². The van der Waals surface area contributed by atoms with Gasteiger partial charge in [0.25, 0.3) is 0 Å². The van der Waals surface area contributed by atoms with Crippen molar-refractivity contribution in [3.8, 4) is 0 Å². The molecule has 0 fully saturated rings. The van der Waals surface area contributed by atoms with Gasteiger partial charge in [-0.15, -0.1) is 0 Å². The zero-order valence-electron chi connectivity index (χ0n) is 48.2. The van der Waals surface area contributed by atoms with Gasteiger partial charge in [0.1, 0.15) is 13.2 Å². The monoisotopic (exact) mass is 1020 g/mol. The highest BCUT2D eigenvalue weighted by Crippen LogP contribution is 2.43. The van der Waals surface area contributed by atoms with Gasteiger partial charge in [-0.05, 0) is 44.9 Å². The van der Waals surface area contributed by atoms with Crippen LogP contribution in [-0.2, 0) is 18.4 Å². The summed E-state index contributed by atoms with van der Waals surface area (Å²) in [4.78, 5) is 23.4. The van der Waals surface area contributed by atoms with Crippen LogP contribution in [0.25, 0.3) is 0 Å². The molecule has 0 saturated heterocycles. The highest BCUT2D eigenvalue weighted by molar-refractivity contribution is 7.47. The Labute approximate surface area is 443 Å². The van der Waals surface area contributed by atoms with Crippen LogP contribution < -0.4 is 5.32 Å². The number of likely N-dealkylation sites (N-methyl/N-ethyl adjacent to an activating group) is 1. The van der Waals surface area contributed by atoms with Crippen LogP contribution in [-0.4, -0.2) is 73.4 Å². The van der Waals surface area contributed by atoms with Crippen LogP contribution in [0, 0.1) is 0 Å². The lowest BCUT2D eigenvalue weighted by Crippen LogP contribution is -2.46.